The van der Waals surface area contributed by atoms with Gasteiger partial charge in [0.1, 0.15) is 5.82 Å². The Morgan fingerprint density at radius 2 is 1.86 bits per heavy atom. The van der Waals surface area contributed by atoms with Crippen LogP contribution in [0.2, 0.25) is 0 Å². The van der Waals surface area contributed by atoms with Crippen LogP contribution in [0.3, 0.4) is 0 Å². The number of hydrogen-bond donors (Lipinski definition) is 2. The molecule has 0 radical (unpaired) electrons. The van der Waals surface area contributed by atoms with Crippen LogP contribution in [0.15, 0.2) is 48.5 Å². The first kappa shape index (κ1) is 18.6. The summed E-state index contributed by atoms with van der Waals surface area (Å²) in [5, 5.41) is 2.95. The summed E-state index contributed by atoms with van der Waals surface area (Å²) in [6.45, 7) is 0.772. The van der Waals surface area contributed by atoms with Gasteiger partial charge >= 0.3 is 0 Å². The number of piperidine rings is 1. The van der Waals surface area contributed by atoms with Crippen LogP contribution in [-0.4, -0.2) is 47.9 Å². The molecule has 28 heavy (non-hydrogen) atoms. The molecule has 1 fully saturated rings. The van der Waals surface area contributed by atoms with E-state index < -0.39 is 10.0 Å². The zero-order chi connectivity index (χ0) is 19.7. The Hall–Kier alpha value is -2.71. The lowest BCUT2D eigenvalue weighted by Gasteiger charge is -2.29. The SMILES string of the molecule is CS(=O)(=O)N1CCC(C(=O)Nc2ccc3nc(-c4ccccc4)[nH]c3c2)CC1. The summed E-state index contributed by atoms with van der Waals surface area (Å²) >= 11 is 0. The third-order valence-corrected chi connectivity index (χ3v) is 6.39. The molecule has 7 nitrogen and oxygen atoms in total. The van der Waals surface area contributed by atoms with Crippen molar-refractivity contribution < 1.29 is 13.2 Å². The number of sulfonamides is 1. The van der Waals surface area contributed by atoms with E-state index >= 15 is 0 Å². The molecule has 3 aromatic rings. The predicted octanol–water partition coefficient (Wildman–Crippen LogP) is 2.84. The number of H-pyrrole nitrogens is 1. The van der Waals surface area contributed by atoms with Crippen molar-refractivity contribution in [3.63, 3.8) is 0 Å². The molecule has 1 saturated heterocycles. The van der Waals surface area contributed by atoms with Crippen LogP contribution in [0.5, 0.6) is 0 Å². The monoisotopic (exact) mass is 398 g/mol. The summed E-state index contributed by atoms with van der Waals surface area (Å²) in [6.07, 6.45) is 2.27. The van der Waals surface area contributed by atoms with Gasteiger partial charge in [-0.05, 0) is 31.0 Å². The van der Waals surface area contributed by atoms with Crippen molar-refractivity contribution >= 4 is 32.7 Å². The number of fused-ring (bicyclic) bond motifs is 1. The number of aromatic nitrogens is 2. The molecule has 1 aromatic heterocycles. The standard InChI is InChI=1S/C20H22N4O3S/c1-28(26,27)24-11-9-15(10-12-24)20(25)21-16-7-8-17-18(13-16)23-19(22-17)14-5-3-2-4-6-14/h2-8,13,15H,9-12H2,1H3,(H,21,25)(H,22,23). The Balaban J connectivity index is 1.46. The number of aromatic amines is 1. The van der Waals surface area contributed by atoms with Crippen LogP contribution < -0.4 is 5.32 Å². The molecule has 2 N–H and O–H groups in total. The zero-order valence-corrected chi connectivity index (χ0v) is 16.4. The number of carbonyl (C=O) groups excluding carboxylic acids is 1. The summed E-state index contributed by atoms with van der Waals surface area (Å²) < 4.78 is 24.6. The number of nitrogens with one attached hydrogen (secondary N) is 2. The van der Waals surface area contributed by atoms with E-state index in [1.807, 2.05) is 48.5 Å². The minimum Gasteiger partial charge on any atom is -0.338 e. The first-order valence-corrected chi connectivity index (χ1v) is 11.1. The van der Waals surface area contributed by atoms with Gasteiger partial charge in [-0.3, -0.25) is 4.79 Å². The second kappa shape index (κ2) is 7.37. The Bertz CT molecular complexity index is 1100. The van der Waals surface area contributed by atoms with Crippen molar-refractivity contribution in [3.8, 4) is 11.4 Å². The molecule has 4 rings (SSSR count). The number of carbonyl (C=O) groups is 1. The van der Waals surface area contributed by atoms with Crippen molar-refractivity contribution in [2.75, 3.05) is 24.7 Å². The maximum atomic E-state index is 12.6. The van der Waals surface area contributed by atoms with E-state index in [-0.39, 0.29) is 11.8 Å². The van der Waals surface area contributed by atoms with Gasteiger partial charge in [0, 0.05) is 30.3 Å². The van der Waals surface area contributed by atoms with Crippen LogP contribution in [0.25, 0.3) is 22.4 Å². The average Bonchev–Trinajstić information content (AvgIpc) is 3.11. The smallest absolute Gasteiger partial charge is 0.227 e. The minimum absolute atomic E-state index is 0.0738. The van der Waals surface area contributed by atoms with Gasteiger partial charge in [-0.15, -0.1) is 0 Å². The average molecular weight is 398 g/mol. The lowest BCUT2D eigenvalue weighted by Crippen LogP contribution is -2.40. The number of anilines is 1. The second-order valence-electron chi connectivity index (χ2n) is 7.11. The lowest BCUT2D eigenvalue weighted by molar-refractivity contribution is -0.120. The Morgan fingerprint density at radius 1 is 1.14 bits per heavy atom. The summed E-state index contributed by atoms with van der Waals surface area (Å²) in [6, 6.07) is 15.4. The Kier molecular flexibility index (Phi) is 4.91. The molecule has 1 amide bonds. The second-order valence-corrected chi connectivity index (χ2v) is 9.09. The van der Waals surface area contributed by atoms with Crippen molar-refractivity contribution in [3.05, 3.63) is 48.5 Å². The quantitative estimate of drug-likeness (QED) is 0.706. The van der Waals surface area contributed by atoms with E-state index in [1.165, 1.54) is 10.6 Å². The van der Waals surface area contributed by atoms with Crippen LogP contribution in [0.1, 0.15) is 12.8 Å². The first-order valence-electron chi connectivity index (χ1n) is 9.21. The van der Waals surface area contributed by atoms with Crippen LogP contribution in [0, 0.1) is 5.92 Å². The fourth-order valence-corrected chi connectivity index (χ4v) is 4.39. The van der Waals surface area contributed by atoms with E-state index in [4.69, 9.17) is 0 Å². The fraction of sp³-hybridized carbons (Fsp3) is 0.300. The highest BCUT2D eigenvalue weighted by atomic mass is 32.2. The molecule has 0 saturated carbocycles. The summed E-state index contributed by atoms with van der Waals surface area (Å²) in [4.78, 5) is 20.5. The van der Waals surface area contributed by atoms with Crippen molar-refractivity contribution in [1.82, 2.24) is 14.3 Å². The fourth-order valence-electron chi connectivity index (χ4n) is 3.51. The minimum atomic E-state index is -3.19. The summed E-state index contributed by atoms with van der Waals surface area (Å²) in [5.41, 5.74) is 3.38. The molecule has 0 spiro atoms. The highest BCUT2D eigenvalue weighted by molar-refractivity contribution is 7.88. The number of imidazole rings is 1. The van der Waals surface area contributed by atoms with Gasteiger partial charge in [0.25, 0.3) is 0 Å². The third-order valence-electron chi connectivity index (χ3n) is 5.09. The molecular formula is C20H22N4O3S. The van der Waals surface area contributed by atoms with E-state index in [0.29, 0.717) is 31.6 Å². The predicted molar refractivity (Wildman–Crippen MR) is 109 cm³/mol. The van der Waals surface area contributed by atoms with E-state index in [0.717, 1.165) is 22.4 Å². The topological polar surface area (TPSA) is 95.2 Å². The maximum absolute atomic E-state index is 12.6. The van der Waals surface area contributed by atoms with Gasteiger partial charge in [-0.2, -0.15) is 0 Å². The number of rotatable bonds is 4. The molecule has 0 atom stereocenters. The van der Waals surface area contributed by atoms with Gasteiger partial charge < -0.3 is 10.3 Å². The zero-order valence-electron chi connectivity index (χ0n) is 15.6. The van der Waals surface area contributed by atoms with Gasteiger partial charge in [-0.1, -0.05) is 30.3 Å². The molecule has 8 heteroatoms. The molecule has 1 aliphatic heterocycles. The molecule has 0 bridgehead atoms. The Morgan fingerprint density at radius 3 is 2.54 bits per heavy atom. The van der Waals surface area contributed by atoms with Crippen molar-refractivity contribution in [2.45, 2.75) is 12.8 Å². The maximum Gasteiger partial charge on any atom is 0.227 e. The highest BCUT2D eigenvalue weighted by Crippen LogP contribution is 2.25. The largest absolute Gasteiger partial charge is 0.338 e. The molecule has 2 heterocycles. The van der Waals surface area contributed by atoms with Gasteiger partial charge in [0.15, 0.2) is 0 Å². The molecule has 146 valence electrons. The molecule has 2 aromatic carbocycles. The van der Waals surface area contributed by atoms with Crippen LogP contribution >= 0.6 is 0 Å². The molecule has 0 unspecified atom stereocenters. The number of benzene rings is 2. The van der Waals surface area contributed by atoms with E-state index in [2.05, 4.69) is 15.3 Å². The van der Waals surface area contributed by atoms with Crippen molar-refractivity contribution in [1.29, 1.82) is 0 Å². The molecule has 0 aliphatic carbocycles. The van der Waals surface area contributed by atoms with Crippen LogP contribution in [0.4, 0.5) is 5.69 Å². The van der Waals surface area contributed by atoms with Crippen LogP contribution in [-0.2, 0) is 14.8 Å². The Labute approximate surface area is 163 Å². The first-order chi connectivity index (χ1) is 13.4. The van der Waals surface area contributed by atoms with E-state index in [1.54, 1.807) is 0 Å². The normalized spacial score (nSPS) is 16.3. The summed E-state index contributed by atoms with van der Waals surface area (Å²) in [7, 11) is -3.19. The third kappa shape index (κ3) is 3.93. The summed E-state index contributed by atoms with van der Waals surface area (Å²) in [5.74, 6) is 0.526. The van der Waals surface area contributed by atoms with Gasteiger partial charge in [0.2, 0.25) is 15.9 Å². The van der Waals surface area contributed by atoms with Gasteiger partial charge in [0.05, 0.1) is 17.3 Å². The van der Waals surface area contributed by atoms with Crippen molar-refractivity contribution in [2.24, 2.45) is 5.92 Å². The number of hydrogen-bond acceptors (Lipinski definition) is 4. The highest BCUT2D eigenvalue weighted by Gasteiger charge is 2.28. The van der Waals surface area contributed by atoms with E-state index in [9.17, 15) is 13.2 Å². The lowest BCUT2D eigenvalue weighted by atomic mass is 9.97. The van der Waals surface area contributed by atoms with Gasteiger partial charge in [-0.25, -0.2) is 17.7 Å². The molecular weight excluding hydrogens is 376 g/mol. The number of amides is 1. The molecule has 1 aliphatic rings. The number of nitrogens with zero attached hydrogens (tertiary/aromatic N) is 2.